The van der Waals surface area contributed by atoms with E-state index in [1.807, 2.05) is 0 Å². The van der Waals surface area contributed by atoms with Crippen molar-refractivity contribution in [2.24, 2.45) is 0 Å². The van der Waals surface area contributed by atoms with Gasteiger partial charge in [-0.05, 0) is 13.0 Å². The summed E-state index contributed by atoms with van der Waals surface area (Å²) >= 11 is 0. The lowest BCUT2D eigenvalue weighted by atomic mass is 10.1. The molecule has 0 fully saturated rings. The third kappa shape index (κ3) is 9.45. The summed E-state index contributed by atoms with van der Waals surface area (Å²) in [6.45, 7) is 2.28. The highest BCUT2D eigenvalue weighted by Gasteiger charge is 2.12. The lowest BCUT2D eigenvalue weighted by Gasteiger charge is -2.17. The summed E-state index contributed by atoms with van der Waals surface area (Å²) in [6, 6.07) is 0. The zero-order valence-corrected chi connectivity index (χ0v) is 9.81. The third-order valence-electron chi connectivity index (χ3n) is 2.30. The van der Waals surface area contributed by atoms with Crippen LogP contribution in [0.3, 0.4) is 0 Å². The summed E-state index contributed by atoms with van der Waals surface area (Å²) in [6.07, 6.45) is 5.36. The number of carbonyl (C=O) groups is 2. The molecule has 0 aliphatic carbocycles. The highest BCUT2D eigenvalue weighted by atomic mass is 16.4. The van der Waals surface area contributed by atoms with Crippen molar-refractivity contribution in [1.29, 1.82) is 0 Å². The smallest absolute Gasteiger partial charge is 0.317 e. The number of rotatable bonds is 10. The first-order valence-corrected chi connectivity index (χ1v) is 5.72. The van der Waals surface area contributed by atoms with Crippen LogP contribution in [0.2, 0.25) is 0 Å². The minimum atomic E-state index is -0.977. The lowest BCUT2D eigenvalue weighted by molar-refractivity contribution is -0.141. The van der Waals surface area contributed by atoms with Gasteiger partial charge in [0, 0.05) is 0 Å². The Labute approximate surface area is 96.1 Å². The first-order chi connectivity index (χ1) is 7.56. The molecule has 0 unspecified atom stereocenters. The first kappa shape index (κ1) is 14.9. The summed E-state index contributed by atoms with van der Waals surface area (Å²) in [4.78, 5) is 22.4. The van der Waals surface area contributed by atoms with Gasteiger partial charge in [-0.25, -0.2) is 0 Å². The lowest BCUT2D eigenvalue weighted by Crippen LogP contribution is -2.35. The van der Waals surface area contributed by atoms with Gasteiger partial charge < -0.3 is 10.2 Å². The fraction of sp³-hybridized carbons (Fsp3) is 0.818. The Morgan fingerprint density at radius 1 is 0.938 bits per heavy atom. The summed E-state index contributed by atoms with van der Waals surface area (Å²) in [5, 5.41) is 17.2. The molecule has 0 aliphatic rings. The first-order valence-electron chi connectivity index (χ1n) is 5.72. The summed E-state index contributed by atoms with van der Waals surface area (Å²) in [5.74, 6) is -1.95. The minimum Gasteiger partial charge on any atom is -0.480 e. The monoisotopic (exact) mass is 231 g/mol. The van der Waals surface area contributed by atoms with Crippen LogP contribution in [-0.2, 0) is 9.59 Å². The molecule has 0 aromatic heterocycles. The Morgan fingerprint density at radius 2 is 1.44 bits per heavy atom. The Bertz CT molecular complexity index is 202. The molecule has 0 bridgehead atoms. The van der Waals surface area contributed by atoms with Gasteiger partial charge in [-0.15, -0.1) is 0 Å². The van der Waals surface area contributed by atoms with Crippen LogP contribution in [0.5, 0.6) is 0 Å². The van der Waals surface area contributed by atoms with Gasteiger partial charge in [0.15, 0.2) is 0 Å². The molecule has 0 atom stereocenters. The van der Waals surface area contributed by atoms with E-state index < -0.39 is 11.9 Å². The van der Waals surface area contributed by atoms with E-state index in [0.29, 0.717) is 6.54 Å². The van der Waals surface area contributed by atoms with E-state index >= 15 is 0 Å². The van der Waals surface area contributed by atoms with Crippen LogP contribution < -0.4 is 0 Å². The molecule has 0 radical (unpaired) electrons. The van der Waals surface area contributed by atoms with Crippen LogP contribution in [0.4, 0.5) is 0 Å². The maximum absolute atomic E-state index is 10.5. The van der Waals surface area contributed by atoms with Crippen LogP contribution >= 0.6 is 0 Å². The fourth-order valence-corrected chi connectivity index (χ4v) is 1.54. The van der Waals surface area contributed by atoms with Crippen molar-refractivity contribution in [2.75, 3.05) is 19.6 Å². The van der Waals surface area contributed by atoms with Gasteiger partial charge in [0.05, 0.1) is 13.1 Å². The maximum Gasteiger partial charge on any atom is 0.317 e. The molecule has 0 aromatic carbocycles. The quantitative estimate of drug-likeness (QED) is 0.556. The van der Waals surface area contributed by atoms with Gasteiger partial charge in [-0.1, -0.05) is 32.6 Å². The number of hydrogen-bond acceptors (Lipinski definition) is 3. The topological polar surface area (TPSA) is 77.8 Å². The number of nitrogens with zero attached hydrogens (tertiary/aromatic N) is 1. The van der Waals surface area contributed by atoms with Crippen molar-refractivity contribution >= 4 is 11.9 Å². The van der Waals surface area contributed by atoms with E-state index in [1.54, 1.807) is 0 Å². The molecule has 16 heavy (non-hydrogen) atoms. The number of carboxylic acid groups (broad SMARTS) is 2. The molecule has 0 heterocycles. The van der Waals surface area contributed by atoms with E-state index in [-0.39, 0.29) is 13.1 Å². The van der Waals surface area contributed by atoms with Crippen molar-refractivity contribution in [3.63, 3.8) is 0 Å². The zero-order valence-electron chi connectivity index (χ0n) is 9.81. The predicted octanol–water partition coefficient (Wildman–Crippen LogP) is 1.43. The average molecular weight is 231 g/mol. The number of carboxylic acids is 2. The van der Waals surface area contributed by atoms with Crippen LogP contribution in [-0.4, -0.2) is 46.7 Å². The van der Waals surface area contributed by atoms with Crippen LogP contribution in [0.1, 0.15) is 39.0 Å². The molecule has 2 N–H and O–H groups in total. The summed E-state index contributed by atoms with van der Waals surface area (Å²) in [7, 11) is 0. The van der Waals surface area contributed by atoms with E-state index in [4.69, 9.17) is 10.2 Å². The van der Waals surface area contributed by atoms with Gasteiger partial charge in [0.2, 0.25) is 0 Å². The van der Waals surface area contributed by atoms with Gasteiger partial charge in [-0.2, -0.15) is 0 Å². The molecule has 0 spiro atoms. The Balaban J connectivity index is 3.73. The standard InChI is InChI=1S/C11H21NO4/c1-2-3-4-5-6-7-12(8-10(13)14)9-11(15)16/h2-9H2,1H3,(H,13,14)(H,15,16). The Morgan fingerprint density at radius 3 is 1.88 bits per heavy atom. The average Bonchev–Trinajstić information content (AvgIpc) is 2.15. The fourth-order valence-electron chi connectivity index (χ4n) is 1.54. The molecule has 5 heteroatoms. The van der Waals surface area contributed by atoms with Crippen LogP contribution in [0, 0.1) is 0 Å². The maximum atomic E-state index is 10.5. The second kappa shape index (κ2) is 9.15. The van der Waals surface area contributed by atoms with Crippen molar-refractivity contribution in [1.82, 2.24) is 4.90 Å². The molecule has 0 saturated heterocycles. The second-order valence-corrected chi connectivity index (χ2v) is 3.91. The summed E-state index contributed by atoms with van der Waals surface area (Å²) in [5.41, 5.74) is 0. The molecular formula is C11H21NO4. The predicted molar refractivity (Wildman–Crippen MR) is 60.5 cm³/mol. The van der Waals surface area contributed by atoms with Crippen LogP contribution in [0.15, 0.2) is 0 Å². The molecule has 94 valence electrons. The van der Waals surface area contributed by atoms with Gasteiger partial charge in [0.25, 0.3) is 0 Å². The number of hydrogen-bond donors (Lipinski definition) is 2. The molecule has 5 nitrogen and oxygen atoms in total. The molecule has 0 rings (SSSR count). The highest BCUT2D eigenvalue weighted by Crippen LogP contribution is 2.03. The van der Waals surface area contributed by atoms with Gasteiger partial charge in [-0.3, -0.25) is 14.5 Å². The van der Waals surface area contributed by atoms with Gasteiger partial charge in [0.1, 0.15) is 0 Å². The number of unbranched alkanes of at least 4 members (excludes halogenated alkanes) is 4. The third-order valence-corrected chi connectivity index (χ3v) is 2.30. The van der Waals surface area contributed by atoms with Crippen molar-refractivity contribution < 1.29 is 19.8 Å². The minimum absolute atomic E-state index is 0.194. The molecule has 0 amide bonds. The Hall–Kier alpha value is -1.10. The molecule has 0 aliphatic heterocycles. The van der Waals surface area contributed by atoms with E-state index in [0.717, 1.165) is 25.7 Å². The SMILES string of the molecule is CCCCCCCN(CC(=O)O)CC(=O)O. The molecular weight excluding hydrogens is 210 g/mol. The van der Waals surface area contributed by atoms with E-state index in [2.05, 4.69) is 6.92 Å². The van der Waals surface area contributed by atoms with Crippen molar-refractivity contribution in [3.8, 4) is 0 Å². The second-order valence-electron chi connectivity index (χ2n) is 3.91. The summed E-state index contributed by atoms with van der Waals surface area (Å²) < 4.78 is 0. The zero-order chi connectivity index (χ0) is 12.4. The van der Waals surface area contributed by atoms with E-state index in [1.165, 1.54) is 11.3 Å². The Kier molecular flexibility index (Phi) is 8.52. The largest absolute Gasteiger partial charge is 0.480 e. The normalized spacial score (nSPS) is 10.6. The van der Waals surface area contributed by atoms with Crippen LogP contribution in [0.25, 0.3) is 0 Å². The van der Waals surface area contributed by atoms with Gasteiger partial charge >= 0.3 is 11.9 Å². The molecule has 0 aromatic rings. The molecule has 0 saturated carbocycles. The highest BCUT2D eigenvalue weighted by molar-refractivity contribution is 5.72. The van der Waals surface area contributed by atoms with Crippen molar-refractivity contribution in [2.45, 2.75) is 39.0 Å². The van der Waals surface area contributed by atoms with Crippen molar-refractivity contribution in [3.05, 3.63) is 0 Å². The number of aliphatic carboxylic acids is 2. The van der Waals surface area contributed by atoms with E-state index in [9.17, 15) is 9.59 Å².